The van der Waals surface area contributed by atoms with E-state index in [0.29, 0.717) is 44.9 Å². The maximum absolute atomic E-state index is 9.74. The molecule has 0 aromatic carbocycles. The van der Waals surface area contributed by atoms with E-state index >= 15 is 0 Å². The molecule has 0 bridgehead atoms. The van der Waals surface area contributed by atoms with Gasteiger partial charge in [0.1, 0.15) is 0 Å². The molecule has 5 nitrogen and oxygen atoms in total. The Balaban J connectivity index is 1.96. The molecule has 0 aliphatic carbocycles. The Morgan fingerprint density at radius 3 is 2.83 bits per heavy atom. The van der Waals surface area contributed by atoms with Crippen LogP contribution in [0.25, 0.3) is 0 Å². The van der Waals surface area contributed by atoms with Crippen molar-refractivity contribution in [1.82, 2.24) is 5.32 Å². The van der Waals surface area contributed by atoms with Gasteiger partial charge in [0, 0.05) is 25.8 Å². The first-order valence-electron chi connectivity index (χ1n) is 6.88. The molecular weight excluding hydrogens is 234 g/mol. The monoisotopic (exact) mass is 261 g/mol. The van der Waals surface area contributed by atoms with Gasteiger partial charge in [-0.15, -0.1) is 0 Å². The third kappa shape index (κ3) is 6.66. The average Bonchev–Trinajstić information content (AvgIpc) is 2.89. The van der Waals surface area contributed by atoms with Crippen molar-refractivity contribution in [1.29, 1.82) is 0 Å². The number of aliphatic hydroxyl groups excluding tert-OH is 1. The van der Waals surface area contributed by atoms with Crippen molar-refractivity contribution in [2.24, 2.45) is 5.92 Å². The molecule has 3 unspecified atom stereocenters. The van der Waals surface area contributed by atoms with Crippen LogP contribution in [0.3, 0.4) is 0 Å². The van der Waals surface area contributed by atoms with E-state index in [4.69, 9.17) is 14.2 Å². The van der Waals surface area contributed by atoms with E-state index in [1.165, 1.54) is 0 Å². The van der Waals surface area contributed by atoms with Gasteiger partial charge in [0.25, 0.3) is 0 Å². The Bertz CT molecular complexity index is 197. The maximum Gasteiger partial charge on any atom is 0.0897 e. The Morgan fingerprint density at radius 1 is 1.39 bits per heavy atom. The highest BCUT2D eigenvalue weighted by molar-refractivity contribution is 4.76. The maximum atomic E-state index is 9.74. The van der Waals surface area contributed by atoms with Gasteiger partial charge in [-0.05, 0) is 26.2 Å². The summed E-state index contributed by atoms with van der Waals surface area (Å²) in [5.74, 6) is 0.566. The van der Waals surface area contributed by atoms with Crippen LogP contribution in [0.1, 0.15) is 20.3 Å². The van der Waals surface area contributed by atoms with E-state index in [-0.39, 0.29) is 0 Å². The van der Waals surface area contributed by atoms with Crippen molar-refractivity contribution >= 4 is 0 Å². The molecule has 108 valence electrons. The molecule has 1 heterocycles. The number of hydrogen-bond donors (Lipinski definition) is 2. The lowest BCUT2D eigenvalue weighted by Gasteiger charge is -2.21. The van der Waals surface area contributed by atoms with Gasteiger partial charge in [-0.2, -0.15) is 0 Å². The van der Waals surface area contributed by atoms with Crippen LogP contribution in [0.4, 0.5) is 0 Å². The second-order valence-electron chi connectivity index (χ2n) is 4.75. The normalized spacial score (nSPS) is 23.2. The lowest BCUT2D eigenvalue weighted by molar-refractivity contribution is 0.00529. The van der Waals surface area contributed by atoms with Crippen LogP contribution in [0.5, 0.6) is 0 Å². The van der Waals surface area contributed by atoms with Crippen LogP contribution in [-0.4, -0.2) is 63.4 Å². The number of nitrogens with one attached hydrogen (secondary N) is 1. The van der Waals surface area contributed by atoms with Gasteiger partial charge in [0.2, 0.25) is 0 Å². The molecule has 1 saturated heterocycles. The fourth-order valence-electron chi connectivity index (χ4n) is 1.98. The van der Waals surface area contributed by atoms with E-state index in [1.54, 1.807) is 0 Å². The summed E-state index contributed by atoms with van der Waals surface area (Å²) in [6.07, 6.45) is 0.645. The Morgan fingerprint density at radius 2 is 2.17 bits per heavy atom. The summed E-state index contributed by atoms with van der Waals surface area (Å²) in [6, 6.07) is 0.380. The van der Waals surface area contributed by atoms with E-state index in [0.717, 1.165) is 19.6 Å². The van der Waals surface area contributed by atoms with Crippen molar-refractivity contribution < 1.29 is 19.3 Å². The van der Waals surface area contributed by atoms with Crippen LogP contribution in [0.2, 0.25) is 0 Å². The van der Waals surface area contributed by atoms with Crippen molar-refractivity contribution in [2.45, 2.75) is 32.4 Å². The van der Waals surface area contributed by atoms with Crippen molar-refractivity contribution in [3.8, 4) is 0 Å². The fraction of sp³-hybridized carbons (Fsp3) is 1.00. The van der Waals surface area contributed by atoms with E-state index in [1.807, 2.05) is 6.92 Å². The third-order valence-corrected chi connectivity index (χ3v) is 3.23. The van der Waals surface area contributed by atoms with Gasteiger partial charge in [-0.1, -0.05) is 0 Å². The lowest BCUT2D eigenvalue weighted by atomic mass is 10.0. The smallest absolute Gasteiger partial charge is 0.0897 e. The number of hydrogen-bond acceptors (Lipinski definition) is 5. The summed E-state index contributed by atoms with van der Waals surface area (Å²) in [7, 11) is 0. The van der Waals surface area contributed by atoms with Gasteiger partial charge in [-0.3, -0.25) is 0 Å². The molecule has 1 fully saturated rings. The molecule has 0 aromatic rings. The number of aliphatic hydroxyl groups is 1. The number of ether oxygens (including phenoxy) is 3. The minimum Gasteiger partial charge on any atom is -0.389 e. The van der Waals surface area contributed by atoms with Crippen molar-refractivity contribution in [2.75, 3.05) is 46.2 Å². The van der Waals surface area contributed by atoms with Crippen LogP contribution >= 0.6 is 0 Å². The number of rotatable bonds is 10. The summed E-state index contributed by atoms with van der Waals surface area (Å²) >= 11 is 0. The molecule has 1 rings (SSSR count). The van der Waals surface area contributed by atoms with E-state index < -0.39 is 6.10 Å². The standard InChI is InChI=1S/C13H27NO4/c1-3-16-6-7-18-10-13(15)8-14-11(2)12-4-5-17-9-12/h11-15H,3-10H2,1-2H3. The Kier molecular flexibility index (Phi) is 8.54. The lowest BCUT2D eigenvalue weighted by Crippen LogP contribution is -2.40. The molecule has 0 saturated carbocycles. The van der Waals surface area contributed by atoms with Crippen LogP contribution in [0.15, 0.2) is 0 Å². The molecule has 0 spiro atoms. The molecule has 2 N–H and O–H groups in total. The molecule has 1 aliphatic rings. The predicted molar refractivity (Wildman–Crippen MR) is 69.7 cm³/mol. The first kappa shape index (κ1) is 15.9. The van der Waals surface area contributed by atoms with Gasteiger partial charge < -0.3 is 24.6 Å². The molecule has 1 aliphatic heterocycles. The SMILES string of the molecule is CCOCCOCC(O)CNC(C)C1CCOC1. The summed E-state index contributed by atoms with van der Waals surface area (Å²) in [5, 5.41) is 13.1. The fourth-order valence-corrected chi connectivity index (χ4v) is 1.98. The summed E-state index contributed by atoms with van der Waals surface area (Å²) < 4.78 is 15.8. The quantitative estimate of drug-likeness (QED) is 0.558. The third-order valence-electron chi connectivity index (χ3n) is 3.23. The predicted octanol–water partition coefficient (Wildman–Crippen LogP) is 0.415. The highest BCUT2D eigenvalue weighted by Gasteiger charge is 2.22. The van der Waals surface area contributed by atoms with Gasteiger partial charge in [0.15, 0.2) is 0 Å². The highest BCUT2D eigenvalue weighted by atomic mass is 16.5. The molecule has 5 heteroatoms. The zero-order valence-electron chi connectivity index (χ0n) is 11.6. The van der Waals surface area contributed by atoms with Gasteiger partial charge in [-0.25, -0.2) is 0 Å². The molecule has 0 aromatic heterocycles. The van der Waals surface area contributed by atoms with E-state index in [9.17, 15) is 5.11 Å². The Labute approximate surface area is 110 Å². The van der Waals surface area contributed by atoms with Crippen LogP contribution in [0, 0.1) is 5.92 Å². The minimum atomic E-state index is -0.462. The van der Waals surface area contributed by atoms with Crippen LogP contribution < -0.4 is 5.32 Å². The molecule has 0 amide bonds. The minimum absolute atomic E-state index is 0.355. The molecule has 0 radical (unpaired) electrons. The first-order chi connectivity index (χ1) is 8.74. The zero-order valence-corrected chi connectivity index (χ0v) is 11.6. The summed E-state index contributed by atoms with van der Waals surface area (Å²) in [4.78, 5) is 0. The molecule has 3 atom stereocenters. The van der Waals surface area contributed by atoms with Crippen LogP contribution in [-0.2, 0) is 14.2 Å². The largest absolute Gasteiger partial charge is 0.389 e. The first-order valence-corrected chi connectivity index (χ1v) is 6.88. The van der Waals surface area contributed by atoms with Crippen molar-refractivity contribution in [3.05, 3.63) is 0 Å². The highest BCUT2D eigenvalue weighted by Crippen LogP contribution is 2.16. The molecule has 18 heavy (non-hydrogen) atoms. The zero-order chi connectivity index (χ0) is 13.2. The summed E-state index contributed by atoms with van der Waals surface area (Å²) in [5.41, 5.74) is 0. The average molecular weight is 261 g/mol. The second kappa shape index (κ2) is 9.69. The second-order valence-corrected chi connectivity index (χ2v) is 4.75. The van der Waals surface area contributed by atoms with Gasteiger partial charge in [0.05, 0.1) is 32.5 Å². The van der Waals surface area contributed by atoms with Crippen molar-refractivity contribution in [3.63, 3.8) is 0 Å². The van der Waals surface area contributed by atoms with E-state index in [2.05, 4.69) is 12.2 Å². The van der Waals surface area contributed by atoms with Gasteiger partial charge >= 0.3 is 0 Å². The topological polar surface area (TPSA) is 60.0 Å². The Hall–Kier alpha value is -0.200. The molecular formula is C13H27NO4. The summed E-state index contributed by atoms with van der Waals surface area (Å²) in [6.45, 7) is 8.53.